The summed E-state index contributed by atoms with van der Waals surface area (Å²) >= 11 is 9.75. The van der Waals surface area contributed by atoms with E-state index in [1.165, 1.54) is 22.3 Å². The molecule has 0 N–H and O–H groups in total. The third-order valence-corrected chi connectivity index (χ3v) is 9.96. The summed E-state index contributed by atoms with van der Waals surface area (Å²) in [6.07, 6.45) is 0.703. The fraction of sp³-hybridized carbons (Fsp3) is 0.200. The minimum atomic E-state index is -0.144. The first-order valence-electron chi connectivity index (χ1n) is 14.5. The zero-order valence-electron chi connectivity index (χ0n) is 25.2. The van der Waals surface area contributed by atoms with E-state index in [2.05, 4.69) is 147 Å². The Morgan fingerprint density at radius 2 is 1.02 bits per heavy atom. The lowest BCUT2D eigenvalue weighted by Gasteiger charge is -2.08. The highest BCUT2D eigenvalue weighted by molar-refractivity contribution is 9.09. The van der Waals surface area contributed by atoms with E-state index in [1.54, 1.807) is 0 Å². The Balaban J connectivity index is 0.000000207. The first-order chi connectivity index (χ1) is 22.2. The van der Waals surface area contributed by atoms with Crippen LogP contribution in [-0.4, -0.2) is 15.7 Å². The van der Waals surface area contributed by atoms with E-state index in [0.29, 0.717) is 12.8 Å². The van der Waals surface area contributed by atoms with Gasteiger partial charge < -0.3 is 0 Å². The fourth-order valence-corrected chi connectivity index (χ4v) is 6.58. The molecule has 0 aliphatic carbocycles. The lowest BCUT2D eigenvalue weighted by atomic mass is 9.95. The molecule has 2 amide bonds. The topological polar surface area (TPSA) is 85.0 Å². The molecule has 6 aromatic rings. The molecular weight excluding hydrogens is 794 g/mol. The number of aryl methyl sites for hydroxylation is 2. The van der Waals surface area contributed by atoms with Gasteiger partial charge in [0, 0.05) is 45.0 Å². The summed E-state index contributed by atoms with van der Waals surface area (Å²) < 4.78 is 0.979. The Morgan fingerprint density at radius 1 is 0.583 bits per heavy atom. The van der Waals surface area contributed by atoms with E-state index in [9.17, 15) is 20.1 Å². The Kier molecular flexibility index (Phi) is 13.5. The van der Waals surface area contributed by atoms with Crippen LogP contribution in [0.4, 0.5) is 0 Å². The monoisotopic (exact) mass is 827 g/mol. The summed E-state index contributed by atoms with van der Waals surface area (Å²) in [5.74, 6) is -0.287. The Hall–Kier alpha value is -4.08. The van der Waals surface area contributed by atoms with Gasteiger partial charge in [-0.25, -0.2) is 3.93 Å². The number of nitrogens with zero attached hydrogens (tertiary/aromatic N) is 3. The number of benzene rings is 6. The van der Waals surface area contributed by atoms with Crippen molar-refractivity contribution in [2.75, 3.05) is 0 Å². The molecule has 0 radical (unpaired) electrons. The van der Waals surface area contributed by atoms with E-state index >= 15 is 0 Å². The predicted octanol–water partition coefficient (Wildman–Crippen LogP) is 11.9. The number of carbonyl (C=O) groups excluding carboxylic acids is 2. The second-order valence-corrected chi connectivity index (χ2v) is 13.0. The first-order valence-corrected chi connectivity index (χ1v) is 17.5. The second-order valence-electron chi connectivity index (χ2n) is 11.1. The van der Waals surface area contributed by atoms with E-state index in [-0.39, 0.29) is 26.7 Å². The number of rotatable bonds is 2. The third kappa shape index (κ3) is 8.13. The summed E-state index contributed by atoms with van der Waals surface area (Å²) in [7, 11) is 0. The number of imide groups is 1. The molecule has 1 aliphatic heterocycles. The summed E-state index contributed by atoms with van der Waals surface area (Å²) in [4.78, 5) is 20.9. The van der Waals surface area contributed by atoms with Crippen LogP contribution in [0.25, 0.3) is 43.1 Å². The maximum atomic E-state index is 10.4. The number of halogens is 3. The van der Waals surface area contributed by atoms with Gasteiger partial charge in [0.2, 0.25) is 11.8 Å². The summed E-state index contributed by atoms with van der Waals surface area (Å²) in [5, 5.41) is 29.3. The third-order valence-electron chi connectivity index (χ3n) is 7.87. The lowest BCUT2D eigenvalue weighted by molar-refractivity contribution is -0.131. The van der Waals surface area contributed by atoms with Crippen molar-refractivity contribution in [3.05, 3.63) is 118 Å². The van der Waals surface area contributed by atoms with Gasteiger partial charge in [-0.3, -0.25) is 9.59 Å². The predicted molar refractivity (Wildman–Crippen MR) is 211 cm³/mol. The number of amides is 2. The number of nitriles is 2. The molecule has 1 aliphatic rings. The molecule has 1 fully saturated rings. The number of hydrogen-bond donors (Lipinski definition) is 0. The largest absolute Gasteiger partial charge is 0.274 e. The van der Waals surface area contributed by atoms with Gasteiger partial charge >= 0.3 is 0 Å². The lowest BCUT2D eigenvalue weighted by Crippen LogP contribution is -2.16. The van der Waals surface area contributed by atoms with Crippen LogP contribution in [0.3, 0.4) is 0 Å². The van der Waals surface area contributed by atoms with Crippen molar-refractivity contribution >= 4 is 103 Å². The van der Waals surface area contributed by atoms with Crippen molar-refractivity contribution in [2.45, 2.75) is 52.2 Å². The van der Waals surface area contributed by atoms with E-state index in [0.717, 1.165) is 68.8 Å². The van der Waals surface area contributed by atoms with Crippen molar-refractivity contribution in [3.63, 3.8) is 0 Å². The van der Waals surface area contributed by atoms with Crippen LogP contribution in [0.1, 0.15) is 61.1 Å². The van der Waals surface area contributed by atoms with E-state index < -0.39 is 0 Å². The van der Waals surface area contributed by atoms with Crippen LogP contribution in [0.15, 0.2) is 84.9 Å². The molecule has 0 unspecified atom stereocenters. The zero-order chi connectivity index (χ0) is 33.0. The molecule has 0 spiro atoms. The molecule has 0 bridgehead atoms. The van der Waals surface area contributed by atoms with Crippen LogP contribution in [0, 0.1) is 36.5 Å². The molecule has 0 atom stereocenters. The van der Waals surface area contributed by atoms with Crippen molar-refractivity contribution in [3.8, 4) is 12.1 Å². The van der Waals surface area contributed by atoms with Gasteiger partial charge in [-0.2, -0.15) is 10.5 Å². The van der Waals surface area contributed by atoms with Gasteiger partial charge in [0.15, 0.2) is 0 Å². The molecule has 5 nitrogen and oxygen atoms in total. The van der Waals surface area contributed by atoms with Crippen molar-refractivity contribution < 1.29 is 9.59 Å². The zero-order valence-corrected chi connectivity index (χ0v) is 30.0. The second kappa shape index (κ2) is 16.8. The average Bonchev–Trinajstić information content (AvgIpc) is 3.36. The molecule has 1 heterocycles. The molecule has 0 saturated carbocycles. The van der Waals surface area contributed by atoms with Gasteiger partial charge in [-0.05, 0) is 64.7 Å². The molecule has 8 heteroatoms. The van der Waals surface area contributed by atoms with Gasteiger partial charge in [-0.1, -0.05) is 125 Å². The smallest absolute Gasteiger partial charge is 0.239 e. The summed E-state index contributed by atoms with van der Waals surface area (Å²) in [5.41, 5.74) is 6.36. The Bertz CT molecular complexity index is 2230. The van der Waals surface area contributed by atoms with E-state index in [1.807, 2.05) is 12.1 Å². The van der Waals surface area contributed by atoms with Gasteiger partial charge in [0.1, 0.15) is 12.1 Å². The minimum Gasteiger partial charge on any atom is -0.274 e. The van der Waals surface area contributed by atoms with Crippen LogP contribution in [0.2, 0.25) is 0 Å². The quantitative estimate of drug-likeness (QED) is 0.0753. The normalized spacial score (nSPS) is 11.9. The number of alkyl halides is 2. The minimum absolute atomic E-state index is 0. The number of hydrogen-bond acceptors (Lipinski definition) is 4. The molecule has 0 aromatic heterocycles. The summed E-state index contributed by atoms with van der Waals surface area (Å²) in [6, 6.07) is 34.1. The molecule has 244 valence electrons. The van der Waals surface area contributed by atoms with Crippen molar-refractivity contribution in [1.29, 1.82) is 10.5 Å². The van der Waals surface area contributed by atoms with Crippen LogP contribution in [-0.2, 0) is 20.2 Å². The fourth-order valence-electron chi connectivity index (χ4n) is 5.53. The van der Waals surface area contributed by atoms with Crippen LogP contribution in [0.5, 0.6) is 0 Å². The maximum absolute atomic E-state index is 10.4. The van der Waals surface area contributed by atoms with Crippen LogP contribution < -0.4 is 0 Å². The average molecular weight is 830 g/mol. The molecule has 7 rings (SSSR count). The molecule has 1 saturated heterocycles. The molecule has 48 heavy (non-hydrogen) atoms. The van der Waals surface area contributed by atoms with Gasteiger partial charge in [-0.15, -0.1) is 0 Å². The molecule has 6 aromatic carbocycles. The highest BCUT2D eigenvalue weighted by atomic mass is 79.9. The number of fused-ring (bicyclic) bond motifs is 4. The highest BCUT2D eigenvalue weighted by Crippen LogP contribution is 2.31. The van der Waals surface area contributed by atoms with Gasteiger partial charge in [0.05, 0.1) is 27.3 Å². The maximum Gasteiger partial charge on any atom is 0.239 e. The van der Waals surface area contributed by atoms with E-state index in [4.69, 9.17) is 0 Å². The standard InChI is InChI=1S/C17H11Br2N.C17H13N.C4H4BrNO2.2CH4/c18-8-11-2-4-15-14(5-11)7-13-3-1-12(9-19)6-16(13)17(15)10-20;1-11-4-6-15-14(7-11)9-13-5-3-12(2)8-16(13)17(15)10-18;5-6-3(7)1-2-4(6)8;;/h1-7H,8-9H2;3-9H,1-2H3;1-2H2;2*1H4. The first kappa shape index (κ1) is 38.4. The van der Waals surface area contributed by atoms with Crippen molar-refractivity contribution in [2.24, 2.45) is 0 Å². The Labute approximate surface area is 307 Å². The Morgan fingerprint density at radius 3 is 1.54 bits per heavy atom. The van der Waals surface area contributed by atoms with Gasteiger partial charge in [0.25, 0.3) is 0 Å². The number of carbonyl (C=O) groups is 2. The highest BCUT2D eigenvalue weighted by Gasteiger charge is 2.26. The summed E-state index contributed by atoms with van der Waals surface area (Å²) in [6.45, 7) is 4.13. The molecular formula is C40H36Br3N3O2. The SMILES string of the molecule is C.C.Cc1ccc2c(C#N)c3cc(C)ccc3cc2c1.N#Cc1c2ccc(CBr)cc2cc2ccc(CBr)cc12.O=C1CCC(=O)N1Br. The van der Waals surface area contributed by atoms with Crippen LogP contribution >= 0.6 is 48.0 Å². The van der Waals surface area contributed by atoms with Crippen molar-refractivity contribution in [1.82, 2.24) is 3.93 Å².